The Hall–Kier alpha value is -2.78. The van der Waals surface area contributed by atoms with Gasteiger partial charge < -0.3 is 15.4 Å². The van der Waals surface area contributed by atoms with Crippen LogP contribution in [-0.4, -0.2) is 13.0 Å². The highest BCUT2D eigenvalue weighted by atomic mass is 79.9. The number of carbonyl (C=O) groups is 1. The van der Waals surface area contributed by atoms with Crippen LogP contribution in [0.5, 0.6) is 5.75 Å². The Balaban J connectivity index is 2.07. The van der Waals surface area contributed by atoms with Gasteiger partial charge in [-0.25, -0.2) is 0 Å². The van der Waals surface area contributed by atoms with E-state index >= 15 is 0 Å². The second kappa shape index (κ2) is 8.18. The molecule has 2 N–H and O–H groups in total. The van der Waals surface area contributed by atoms with Crippen molar-refractivity contribution in [3.63, 3.8) is 0 Å². The van der Waals surface area contributed by atoms with E-state index in [0.717, 1.165) is 15.7 Å². The van der Waals surface area contributed by atoms with Gasteiger partial charge in [-0.05, 0) is 55.0 Å². The average Bonchev–Trinajstić information content (AvgIpc) is 2.59. The third kappa shape index (κ3) is 4.61. The van der Waals surface area contributed by atoms with Crippen molar-refractivity contribution in [3.05, 3.63) is 64.3 Å². The van der Waals surface area contributed by atoms with Gasteiger partial charge in [-0.15, -0.1) is 0 Å². The van der Waals surface area contributed by atoms with Crippen molar-refractivity contribution in [1.82, 2.24) is 0 Å². The minimum atomic E-state index is -0.482. The van der Waals surface area contributed by atoms with Gasteiger partial charge in [0.1, 0.15) is 17.4 Å². The molecular formula is C18H16BrN3O2. The summed E-state index contributed by atoms with van der Waals surface area (Å²) in [5, 5.41) is 14.8. The third-order valence-electron chi connectivity index (χ3n) is 3.25. The first-order valence-corrected chi connectivity index (χ1v) is 7.91. The first-order chi connectivity index (χ1) is 11.5. The van der Waals surface area contributed by atoms with Crippen molar-refractivity contribution >= 4 is 33.2 Å². The number of halogens is 1. The summed E-state index contributed by atoms with van der Waals surface area (Å²) < 4.78 is 6.05. The Morgan fingerprint density at radius 1 is 1.21 bits per heavy atom. The SMILES string of the molecule is COc1ccc(NC(=O)/C(C#N)=C\Nc2ccc(Br)c(C)c2)cc1. The summed E-state index contributed by atoms with van der Waals surface area (Å²) in [5.74, 6) is 0.209. The molecule has 122 valence electrons. The molecule has 0 radical (unpaired) electrons. The van der Waals surface area contributed by atoms with E-state index < -0.39 is 5.91 Å². The Morgan fingerprint density at radius 3 is 2.46 bits per heavy atom. The van der Waals surface area contributed by atoms with E-state index in [1.807, 2.05) is 31.2 Å². The molecule has 2 rings (SSSR count). The number of rotatable bonds is 5. The van der Waals surface area contributed by atoms with Crippen molar-refractivity contribution < 1.29 is 9.53 Å². The van der Waals surface area contributed by atoms with Crippen LogP contribution in [0.4, 0.5) is 11.4 Å². The van der Waals surface area contributed by atoms with Gasteiger partial charge in [0.2, 0.25) is 0 Å². The third-order valence-corrected chi connectivity index (χ3v) is 4.14. The van der Waals surface area contributed by atoms with Gasteiger partial charge in [0.25, 0.3) is 5.91 Å². The number of carbonyl (C=O) groups excluding carboxylic acids is 1. The number of anilines is 2. The summed E-state index contributed by atoms with van der Waals surface area (Å²) in [7, 11) is 1.57. The van der Waals surface area contributed by atoms with E-state index in [4.69, 9.17) is 4.74 Å². The van der Waals surface area contributed by atoms with Gasteiger partial charge in [-0.2, -0.15) is 5.26 Å². The van der Waals surface area contributed by atoms with Gasteiger partial charge in [0, 0.05) is 22.0 Å². The first-order valence-electron chi connectivity index (χ1n) is 7.12. The number of benzene rings is 2. The van der Waals surface area contributed by atoms with Crippen molar-refractivity contribution in [3.8, 4) is 11.8 Å². The molecule has 0 aromatic heterocycles. The summed E-state index contributed by atoms with van der Waals surface area (Å²) in [6.45, 7) is 1.96. The zero-order chi connectivity index (χ0) is 17.5. The van der Waals surface area contributed by atoms with E-state index in [0.29, 0.717) is 11.4 Å². The van der Waals surface area contributed by atoms with Crippen LogP contribution in [0, 0.1) is 18.3 Å². The standard InChI is InChI=1S/C18H16BrN3O2/c1-12-9-15(5-8-17(12)19)21-11-13(10-20)18(23)22-14-3-6-16(24-2)7-4-14/h3-9,11,21H,1-2H3,(H,22,23)/b13-11-. The fraction of sp³-hybridized carbons (Fsp3) is 0.111. The molecule has 0 aliphatic heterocycles. The highest BCUT2D eigenvalue weighted by Gasteiger charge is 2.09. The first kappa shape index (κ1) is 17.6. The predicted molar refractivity (Wildman–Crippen MR) is 97.8 cm³/mol. The van der Waals surface area contributed by atoms with Crippen LogP contribution in [0.25, 0.3) is 0 Å². The number of ether oxygens (including phenoxy) is 1. The monoisotopic (exact) mass is 385 g/mol. The van der Waals surface area contributed by atoms with Crippen LogP contribution >= 0.6 is 15.9 Å². The molecule has 0 saturated carbocycles. The number of hydrogen-bond acceptors (Lipinski definition) is 4. The summed E-state index contributed by atoms with van der Waals surface area (Å²) in [4.78, 5) is 12.2. The highest BCUT2D eigenvalue weighted by molar-refractivity contribution is 9.10. The lowest BCUT2D eigenvalue weighted by molar-refractivity contribution is -0.112. The molecule has 0 spiro atoms. The van der Waals surface area contributed by atoms with E-state index in [9.17, 15) is 10.1 Å². The number of amides is 1. The number of aryl methyl sites for hydroxylation is 1. The van der Waals surface area contributed by atoms with Crippen LogP contribution in [0.1, 0.15) is 5.56 Å². The Bertz CT molecular complexity index is 808. The number of nitrogens with one attached hydrogen (secondary N) is 2. The summed E-state index contributed by atoms with van der Waals surface area (Å²) in [6.07, 6.45) is 1.39. The molecule has 1 amide bonds. The molecule has 0 saturated heterocycles. The average molecular weight is 386 g/mol. The summed E-state index contributed by atoms with van der Waals surface area (Å²) in [5.41, 5.74) is 2.41. The molecule has 6 heteroatoms. The maximum atomic E-state index is 12.2. The number of nitriles is 1. The van der Waals surface area contributed by atoms with Gasteiger partial charge in [0.15, 0.2) is 0 Å². The lowest BCUT2D eigenvalue weighted by atomic mass is 10.2. The fourth-order valence-electron chi connectivity index (χ4n) is 1.91. The van der Waals surface area contributed by atoms with Crippen molar-refractivity contribution in [2.75, 3.05) is 17.7 Å². The molecule has 0 heterocycles. The van der Waals surface area contributed by atoms with E-state index in [1.165, 1.54) is 6.20 Å². The molecule has 0 atom stereocenters. The lowest BCUT2D eigenvalue weighted by Crippen LogP contribution is -2.14. The van der Waals surface area contributed by atoms with E-state index in [2.05, 4.69) is 26.6 Å². The molecule has 0 unspecified atom stereocenters. The van der Waals surface area contributed by atoms with Gasteiger partial charge in [-0.1, -0.05) is 15.9 Å². The number of nitrogens with zero attached hydrogens (tertiary/aromatic N) is 1. The second-order valence-electron chi connectivity index (χ2n) is 4.96. The largest absolute Gasteiger partial charge is 0.497 e. The fourth-order valence-corrected chi connectivity index (χ4v) is 2.16. The quantitative estimate of drug-likeness (QED) is 0.596. The minimum Gasteiger partial charge on any atom is -0.497 e. The Morgan fingerprint density at radius 2 is 1.88 bits per heavy atom. The smallest absolute Gasteiger partial charge is 0.267 e. The Kier molecular flexibility index (Phi) is 5.99. The molecule has 0 aliphatic carbocycles. The minimum absolute atomic E-state index is 0.0219. The maximum Gasteiger partial charge on any atom is 0.267 e. The molecule has 2 aromatic rings. The molecule has 0 bridgehead atoms. The van der Waals surface area contributed by atoms with E-state index in [-0.39, 0.29) is 5.57 Å². The topological polar surface area (TPSA) is 74.1 Å². The van der Waals surface area contributed by atoms with Crippen LogP contribution < -0.4 is 15.4 Å². The summed E-state index contributed by atoms with van der Waals surface area (Å²) >= 11 is 3.43. The Labute approximate surface area is 149 Å². The summed E-state index contributed by atoms with van der Waals surface area (Å²) in [6, 6.07) is 14.4. The van der Waals surface area contributed by atoms with Crippen LogP contribution in [0.3, 0.4) is 0 Å². The molecule has 24 heavy (non-hydrogen) atoms. The van der Waals surface area contributed by atoms with Gasteiger partial charge >= 0.3 is 0 Å². The molecule has 5 nitrogen and oxygen atoms in total. The zero-order valence-electron chi connectivity index (χ0n) is 13.3. The second-order valence-corrected chi connectivity index (χ2v) is 5.82. The van der Waals surface area contributed by atoms with Crippen molar-refractivity contribution in [2.45, 2.75) is 6.92 Å². The van der Waals surface area contributed by atoms with Crippen molar-refractivity contribution in [1.29, 1.82) is 5.26 Å². The van der Waals surface area contributed by atoms with Gasteiger partial charge in [0.05, 0.1) is 7.11 Å². The number of methoxy groups -OCH3 is 1. The normalized spacial score (nSPS) is 10.7. The number of hydrogen-bond donors (Lipinski definition) is 2. The maximum absolute atomic E-state index is 12.2. The molecule has 0 aliphatic rings. The molecule has 2 aromatic carbocycles. The van der Waals surface area contributed by atoms with E-state index in [1.54, 1.807) is 31.4 Å². The lowest BCUT2D eigenvalue weighted by Gasteiger charge is -2.07. The molecule has 0 fully saturated rings. The molecular weight excluding hydrogens is 370 g/mol. The zero-order valence-corrected chi connectivity index (χ0v) is 14.8. The van der Waals surface area contributed by atoms with Crippen molar-refractivity contribution in [2.24, 2.45) is 0 Å². The van der Waals surface area contributed by atoms with Crippen LogP contribution in [0.15, 0.2) is 58.7 Å². The highest BCUT2D eigenvalue weighted by Crippen LogP contribution is 2.20. The van der Waals surface area contributed by atoms with Crippen LogP contribution in [0.2, 0.25) is 0 Å². The predicted octanol–water partition coefficient (Wildman–Crippen LogP) is 4.22. The van der Waals surface area contributed by atoms with Crippen LogP contribution in [-0.2, 0) is 4.79 Å². The van der Waals surface area contributed by atoms with Gasteiger partial charge in [-0.3, -0.25) is 4.79 Å².